The van der Waals surface area contributed by atoms with E-state index in [0.29, 0.717) is 29.6 Å². The molecule has 0 saturated heterocycles. The first-order valence-electron chi connectivity index (χ1n) is 9.12. The van der Waals surface area contributed by atoms with E-state index < -0.39 is 24.3 Å². The van der Waals surface area contributed by atoms with E-state index in [2.05, 4.69) is 6.58 Å². The second-order valence-electron chi connectivity index (χ2n) is 6.25. The van der Waals surface area contributed by atoms with E-state index in [4.69, 9.17) is 15.6 Å². The van der Waals surface area contributed by atoms with Gasteiger partial charge in [0, 0.05) is 12.2 Å². The van der Waals surface area contributed by atoms with Gasteiger partial charge in [0.1, 0.15) is 5.75 Å². The molecule has 0 bridgehead atoms. The third kappa shape index (κ3) is 4.63. The largest absolute Gasteiger partial charge is 0.481 e. The monoisotopic (exact) mass is 396 g/mol. The minimum atomic E-state index is -1.15. The van der Waals surface area contributed by atoms with Crippen LogP contribution in [0.3, 0.4) is 0 Å². The van der Waals surface area contributed by atoms with Crippen LogP contribution in [0, 0.1) is 0 Å². The van der Waals surface area contributed by atoms with Crippen molar-refractivity contribution in [2.75, 3.05) is 6.61 Å². The van der Waals surface area contributed by atoms with E-state index in [9.17, 15) is 14.4 Å². The summed E-state index contributed by atoms with van der Waals surface area (Å²) in [6.45, 7) is 7.31. The van der Waals surface area contributed by atoms with Gasteiger partial charge in [0.2, 0.25) is 0 Å². The van der Waals surface area contributed by atoms with Crippen molar-refractivity contribution in [3.05, 3.63) is 65.9 Å². The highest BCUT2D eigenvalue weighted by Gasteiger charge is 2.27. The van der Waals surface area contributed by atoms with Gasteiger partial charge in [-0.25, -0.2) is 4.79 Å². The van der Waals surface area contributed by atoms with Gasteiger partial charge in [0.05, 0.1) is 16.5 Å². The summed E-state index contributed by atoms with van der Waals surface area (Å²) < 4.78 is 7.32. The van der Waals surface area contributed by atoms with Crippen molar-refractivity contribution >= 4 is 28.6 Å². The molecule has 0 saturated carbocycles. The van der Waals surface area contributed by atoms with Gasteiger partial charge in [-0.15, -0.1) is 0 Å². The van der Waals surface area contributed by atoms with E-state index in [1.807, 2.05) is 36.6 Å². The molecule has 0 aliphatic heterocycles. The third-order valence-corrected chi connectivity index (χ3v) is 4.45. The standard InChI is InChI=1S/C22H24N2O5/c1-4-7-9-14(5-2)12-24-15(6-3)20(21(27)22(23)28)19-16(24)10-8-11-17(19)29-13-18(25)26/h4-5,7-11H,1,6,12-13H2,2-3H3,(H2,23,28)(H,25,26)/b9-7-,14-5+. The number of Topliss-reactive ketones (excluding diaryl/α,β-unsaturated/α-hetero) is 1. The van der Waals surface area contributed by atoms with E-state index >= 15 is 0 Å². The second kappa shape index (κ2) is 9.54. The molecule has 1 aromatic heterocycles. The summed E-state index contributed by atoms with van der Waals surface area (Å²) >= 11 is 0. The first-order valence-corrected chi connectivity index (χ1v) is 9.12. The number of nitrogens with zero attached hydrogens (tertiary/aromatic N) is 1. The molecule has 3 N–H and O–H groups in total. The molecule has 0 aliphatic rings. The SMILES string of the molecule is C=C/C=C\C(=C/C)Cn1c(CC)c(C(=O)C(N)=O)c2c(OCC(=O)O)cccc21. The molecule has 0 aliphatic carbocycles. The number of rotatable bonds is 10. The summed E-state index contributed by atoms with van der Waals surface area (Å²) in [6, 6.07) is 5.08. The molecule has 0 fully saturated rings. The molecule has 29 heavy (non-hydrogen) atoms. The van der Waals surface area contributed by atoms with Gasteiger partial charge in [0.25, 0.3) is 11.7 Å². The number of hydrogen-bond donors (Lipinski definition) is 2. The fourth-order valence-electron chi connectivity index (χ4n) is 3.21. The minimum absolute atomic E-state index is 0.152. The average Bonchev–Trinajstić information content (AvgIpc) is 3.02. The molecule has 1 amide bonds. The molecule has 0 atom stereocenters. The molecule has 2 rings (SSSR count). The summed E-state index contributed by atoms with van der Waals surface area (Å²) in [6.07, 6.45) is 7.77. The number of primary amides is 1. The Labute approximate surface area is 168 Å². The lowest BCUT2D eigenvalue weighted by Gasteiger charge is -2.11. The Hall–Kier alpha value is -3.61. The summed E-state index contributed by atoms with van der Waals surface area (Å²) in [5.74, 6) is -2.84. The molecular formula is C22H24N2O5. The first-order chi connectivity index (χ1) is 13.8. The Bertz CT molecular complexity index is 1030. The smallest absolute Gasteiger partial charge is 0.341 e. The normalized spacial score (nSPS) is 11.7. The first kappa shape index (κ1) is 21.7. The zero-order chi connectivity index (χ0) is 21.6. The lowest BCUT2D eigenvalue weighted by molar-refractivity contribution is -0.139. The third-order valence-electron chi connectivity index (χ3n) is 4.45. The number of carboxylic acid groups (broad SMARTS) is 1. The summed E-state index contributed by atoms with van der Waals surface area (Å²) in [5, 5.41) is 9.35. The number of aromatic nitrogens is 1. The summed E-state index contributed by atoms with van der Waals surface area (Å²) in [5.41, 5.74) is 7.69. The van der Waals surface area contributed by atoms with Crippen molar-refractivity contribution in [1.29, 1.82) is 0 Å². The quantitative estimate of drug-likeness (QED) is 0.364. The van der Waals surface area contributed by atoms with Crippen molar-refractivity contribution in [3.8, 4) is 5.75 Å². The molecule has 7 heteroatoms. The lowest BCUT2D eigenvalue weighted by atomic mass is 10.0. The Kier molecular flexibility index (Phi) is 7.14. The van der Waals surface area contributed by atoms with Gasteiger partial charge < -0.3 is 20.1 Å². The Morgan fingerprint density at radius 3 is 2.59 bits per heavy atom. The lowest BCUT2D eigenvalue weighted by Crippen LogP contribution is -2.24. The van der Waals surface area contributed by atoms with Gasteiger partial charge in [-0.1, -0.05) is 43.9 Å². The maximum absolute atomic E-state index is 12.7. The van der Waals surface area contributed by atoms with Crippen LogP contribution in [-0.4, -0.2) is 33.9 Å². The molecular weight excluding hydrogens is 372 g/mol. The molecule has 2 aromatic rings. The highest BCUT2D eigenvalue weighted by atomic mass is 16.5. The highest BCUT2D eigenvalue weighted by molar-refractivity contribution is 6.45. The minimum Gasteiger partial charge on any atom is -0.481 e. The number of nitrogens with two attached hydrogens (primary N) is 1. The number of benzene rings is 1. The Morgan fingerprint density at radius 2 is 2.03 bits per heavy atom. The van der Waals surface area contributed by atoms with Crippen LogP contribution in [-0.2, 0) is 22.6 Å². The number of hydrogen-bond acceptors (Lipinski definition) is 4. The van der Waals surface area contributed by atoms with Crippen LogP contribution < -0.4 is 10.5 Å². The van der Waals surface area contributed by atoms with Gasteiger partial charge in [-0.05, 0) is 31.1 Å². The molecule has 0 spiro atoms. The van der Waals surface area contributed by atoms with Gasteiger partial charge >= 0.3 is 5.97 Å². The van der Waals surface area contributed by atoms with Gasteiger partial charge in [-0.2, -0.15) is 0 Å². The number of allylic oxidation sites excluding steroid dienone is 5. The number of amides is 1. The fourth-order valence-corrected chi connectivity index (χ4v) is 3.21. The van der Waals surface area contributed by atoms with E-state index in [1.54, 1.807) is 24.3 Å². The van der Waals surface area contributed by atoms with Crippen molar-refractivity contribution in [3.63, 3.8) is 0 Å². The predicted octanol–water partition coefficient (Wildman–Crippen LogP) is 3.02. The van der Waals surface area contributed by atoms with E-state index in [-0.39, 0.29) is 11.3 Å². The van der Waals surface area contributed by atoms with Gasteiger partial charge in [-0.3, -0.25) is 9.59 Å². The van der Waals surface area contributed by atoms with Crippen LogP contribution in [0.5, 0.6) is 5.75 Å². The molecule has 0 unspecified atom stereocenters. The Morgan fingerprint density at radius 1 is 1.31 bits per heavy atom. The van der Waals surface area contributed by atoms with Crippen LogP contribution in [0.25, 0.3) is 10.9 Å². The predicted molar refractivity (Wildman–Crippen MR) is 111 cm³/mol. The van der Waals surface area contributed by atoms with E-state index in [1.165, 1.54) is 0 Å². The highest BCUT2D eigenvalue weighted by Crippen LogP contribution is 2.35. The fraction of sp³-hybridized carbons (Fsp3) is 0.227. The Balaban J connectivity index is 2.80. The van der Waals surface area contributed by atoms with Crippen LogP contribution in [0.2, 0.25) is 0 Å². The van der Waals surface area contributed by atoms with Crippen molar-refractivity contribution < 1.29 is 24.2 Å². The van der Waals surface area contributed by atoms with Crippen molar-refractivity contribution in [1.82, 2.24) is 4.57 Å². The van der Waals surface area contributed by atoms with Gasteiger partial charge in [0.15, 0.2) is 6.61 Å². The number of carboxylic acids is 1. The average molecular weight is 396 g/mol. The number of aliphatic carboxylic acids is 1. The maximum atomic E-state index is 12.7. The summed E-state index contributed by atoms with van der Waals surface area (Å²) in [7, 11) is 0. The number of fused-ring (bicyclic) bond motifs is 1. The number of ether oxygens (including phenoxy) is 1. The van der Waals surface area contributed by atoms with Crippen LogP contribution in [0.15, 0.2) is 54.7 Å². The number of ketones is 1. The molecule has 0 radical (unpaired) electrons. The summed E-state index contributed by atoms with van der Waals surface area (Å²) in [4.78, 5) is 35.3. The van der Waals surface area contributed by atoms with Crippen molar-refractivity contribution in [2.24, 2.45) is 5.73 Å². The van der Waals surface area contributed by atoms with Crippen LogP contribution in [0.1, 0.15) is 29.9 Å². The second-order valence-corrected chi connectivity index (χ2v) is 6.25. The van der Waals surface area contributed by atoms with Crippen molar-refractivity contribution in [2.45, 2.75) is 26.8 Å². The molecule has 7 nitrogen and oxygen atoms in total. The topological polar surface area (TPSA) is 112 Å². The molecule has 152 valence electrons. The zero-order valence-electron chi connectivity index (χ0n) is 16.5. The zero-order valence-corrected chi connectivity index (χ0v) is 16.5. The molecule has 1 heterocycles. The number of carbonyl (C=O) groups is 3. The molecule has 1 aromatic carbocycles. The van der Waals surface area contributed by atoms with Crippen LogP contribution >= 0.6 is 0 Å². The maximum Gasteiger partial charge on any atom is 0.341 e. The van der Waals surface area contributed by atoms with E-state index in [0.717, 1.165) is 5.57 Å². The number of carbonyl (C=O) groups excluding carboxylic acids is 2. The van der Waals surface area contributed by atoms with Crippen LogP contribution in [0.4, 0.5) is 0 Å².